The summed E-state index contributed by atoms with van der Waals surface area (Å²) >= 11 is 5.87. The topological polar surface area (TPSA) is 56.2 Å². The Morgan fingerprint density at radius 3 is 2.34 bits per heavy atom. The standard InChI is InChI=1S/C17H7ClF6N4O/c18-11-5-8(16(19,20)21)6-28-7-12(25-14(11)28)15-26-13(27-29-15)9-3-1-2-4-10(9)17(22,23)24/h1-7H. The summed E-state index contributed by atoms with van der Waals surface area (Å²) < 4.78 is 84.3. The van der Waals surface area contributed by atoms with Crippen LogP contribution in [-0.4, -0.2) is 19.5 Å². The van der Waals surface area contributed by atoms with Crippen LogP contribution in [0.25, 0.3) is 28.6 Å². The van der Waals surface area contributed by atoms with Crippen LogP contribution < -0.4 is 0 Å². The van der Waals surface area contributed by atoms with Crippen molar-refractivity contribution in [1.29, 1.82) is 0 Å². The van der Waals surface area contributed by atoms with E-state index in [1.54, 1.807) is 0 Å². The number of fused-ring (bicyclic) bond motifs is 1. The number of halogens is 7. The molecule has 0 unspecified atom stereocenters. The lowest BCUT2D eigenvalue weighted by atomic mass is 10.1. The fraction of sp³-hybridized carbons (Fsp3) is 0.118. The van der Waals surface area contributed by atoms with Crippen LogP contribution in [0.3, 0.4) is 0 Å². The van der Waals surface area contributed by atoms with Crippen LogP contribution >= 0.6 is 11.6 Å². The molecule has 0 aliphatic heterocycles. The van der Waals surface area contributed by atoms with E-state index in [2.05, 4.69) is 15.1 Å². The molecule has 0 atom stereocenters. The molecule has 29 heavy (non-hydrogen) atoms. The number of benzene rings is 1. The highest BCUT2D eigenvalue weighted by Crippen LogP contribution is 2.37. The lowest BCUT2D eigenvalue weighted by Gasteiger charge is -2.09. The lowest BCUT2D eigenvalue weighted by Crippen LogP contribution is -2.07. The Balaban J connectivity index is 1.78. The van der Waals surface area contributed by atoms with Gasteiger partial charge in [0.05, 0.1) is 16.1 Å². The van der Waals surface area contributed by atoms with Gasteiger partial charge >= 0.3 is 12.4 Å². The SMILES string of the molecule is FC(F)(F)c1cc(Cl)c2nc(-c3nc(-c4ccccc4C(F)(F)F)no3)cn2c1. The van der Waals surface area contributed by atoms with Crippen molar-refractivity contribution in [2.24, 2.45) is 0 Å². The van der Waals surface area contributed by atoms with Gasteiger partial charge in [-0.15, -0.1) is 0 Å². The van der Waals surface area contributed by atoms with Gasteiger partial charge in [0.25, 0.3) is 5.89 Å². The molecule has 0 saturated heterocycles. The van der Waals surface area contributed by atoms with Crippen molar-refractivity contribution in [1.82, 2.24) is 19.5 Å². The summed E-state index contributed by atoms with van der Waals surface area (Å²) in [7, 11) is 0. The fourth-order valence-electron chi connectivity index (χ4n) is 2.68. The lowest BCUT2D eigenvalue weighted by molar-refractivity contribution is -0.138. The van der Waals surface area contributed by atoms with Gasteiger partial charge in [0.15, 0.2) is 5.65 Å². The van der Waals surface area contributed by atoms with Crippen molar-refractivity contribution in [3.63, 3.8) is 0 Å². The Hall–Kier alpha value is -3.08. The minimum atomic E-state index is -4.64. The third kappa shape index (κ3) is 3.53. The van der Waals surface area contributed by atoms with Gasteiger partial charge in [0.1, 0.15) is 5.69 Å². The predicted octanol–water partition coefficient (Wildman–Crippen LogP) is 5.74. The van der Waals surface area contributed by atoms with Gasteiger partial charge in [-0.05, 0) is 12.1 Å². The van der Waals surface area contributed by atoms with E-state index < -0.39 is 23.5 Å². The fourth-order valence-corrected chi connectivity index (χ4v) is 2.93. The molecule has 0 aliphatic rings. The van der Waals surface area contributed by atoms with Gasteiger partial charge in [-0.25, -0.2) is 4.98 Å². The van der Waals surface area contributed by atoms with Gasteiger partial charge in [-0.2, -0.15) is 31.3 Å². The highest BCUT2D eigenvalue weighted by molar-refractivity contribution is 6.33. The minimum absolute atomic E-state index is 0.00916. The molecule has 150 valence electrons. The van der Waals surface area contributed by atoms with Gasteiger partial charge < -0.3 is 8.92 Å². The summed E-state index contributed by atoms with van der Waals surface area (Å²) in [5.41, 5.74) is -2.32. The zero-order valence-electron chi connectivity index (χ0n) is 13.9. The number of nitrogens with zero attached hydrogens (tertiary/aromatic N) is 4. The van der Waals surface area contributed by atoms with Crippen LogP contribution in [0.15, 0.2) is 47.2 Å². The number of rotatable bonds is 2. The quantitative estimate of drug-likeness (QED) is 0.379. The number of alkyl halides is 6. The molecule has 1 aromatic carbocycles. The Bertz CT molecular complexity index is 1210. The van der Waals surface area contributed by atoms with E-state index in [0.29, 0.717) is 6.07 Å². The molecule has 4 rings (SSSR count). The second kappa shape index (κ2) is 6.48. The normalized spacial score (nSPS) is 12.7. The summed E-state index contributed by atoms with van der Waals surface area (Å²) in [6.07, 6.45) is -7.33. The number of imidazole rings is 1. The molecular weight excluding hydrogens is 426 g/mol. The van der Waals surface area contributed by atoms with Crippen molar-refractivity contribution in [2.75, 3.05) is 0 Å². The third-order valence-electron chi connectivity index (χ3n) is 3.95. The van der Waals surface area contributed by atoms with Crippen LogP contribution in [0.4, 0.5) is 26.3 Å². The first-order chi connectivity index (χ1) is 13.5. The van der Waals surface area contributed by atoms with E-state index in [-0.39, 0.29) is 33.6 Å². The zero-order chi connectivity index (χ0) is 21.0. The predicted molar refractivity (Wildman–Crippen MR) is 88.9 cm³/mol. The molecule has 0 aliphatic carbocycles. The second-order valence-electron chi connectivity index (χ2n) is 5.90. The average molecular weight is 433 g/mol. The molecule has 0 N–H and O–H groups in total. The van der Waals surface area contributed by atoms with E-state index in [1.807, 2.05) is 0 Å². The molecule has 0 saturated carbocycles. The maximum atomic E-state index is 13.2. The van der Waals surface area contributed by atoms with E-state index in [0.717, 1.165) is 22.9 Å². The number of hydrogen-bond acceptors (Lipinski definition) is 4. The molecule has 12 heteroatoms. The van der Waals surface area contributed by atoms with Crippen LogP contribution in [0, 0.1) is 0 Å². The molecule has 0 radical (unpaired) electrons. The molecule has 0 bridgehead atoms. The van der Waals surface area contributed by atoms with E-state index in [9.17, 15) is 26.3 Å². The second-order valence-corrected chi connectivity index (χ2v) is 6.31. The third-order valence-corrected chi connectivity index (χ3v) is 4.23. The first-order valence-corrected chi connectivity index (χ1v) is 8.18. The summed E-state index contributed by atoms with van der Waals surface area (Å²) in [6.45, 7) is 0. The Kier molecular flexibility index (Phi) is 4.30. The largest absolute Gasteiger partial charge is 0.417 e. The highest BCUT2D eigenvalue weighted by atomic mass is 35.5. The van der Waals surface area contributed by atoms with Crippen LogP contribution in [-0.2, 0) is 12.4 Å². The molecule has 4 aromatic rings. The summed E-state index contributed by atoms with van der Waals surface area (Å²) in [5.74, 6) is -0.614. The van der Waals surface area contributed by atoms with Crippen molar-refractivity contribution < 1.29 is 30.9 Å². The minimum Gasteiger partial charge on any atom is -0.332 e. The van der Waals surface area contributed by atoms with Crippen molar-refractivity contribution in [3.05, 3.63) is 58.9 Å². The van der Waals surface area contributed by atoms with Gasteiger partial charge in [0.2, 0.25) is 5.82 Å². The summed E-state index contributed by atoms with van der Waals surface area (Å²) in [4.78, 5) is 7.93. The smallest absolute Gasteiger partial charge is 0.332 e. The van der Waals surface area contributed by atoms with Crippen molar-refractivity contribution >= 4 is 17.2 Å². The number of aromatic nitrogens is 4. The van der Waals surface area contributed by atoms with E-state index in [1.165, 1.54) is 18.2 Å². The number of pyridine rings is 1. The van der Waals surface area contributed by atoms with Crippen LogP contribution in [0.1, 0.15) is 11.1 Å². The molecule has 0 spiro atoms. The maximum Gasteiger partial charge on any atom is 0.417 e. The molecule has 5 nitrogen and oxygen atoms in total. The van der Waals surface area contributed by atoms with E-state index in [4.69, 9.17) is 16.1 Å². The first kappa shape index (κ1) is 19.2. The average Bonchev–Trinajstić information content (AvgIpc) is 3.27. The van der Waals surface area contributed by atoms with Gasteiger partial charge in [-0.1, -0.05) is 35.0 Å². The molecular formula is C17H7ClF6N4O. The molecule has 3 heterocycles. The van der Waals surface area contributed by atoms with Gasteiger partial charge in [0, 0.05) is 18.0 Å². The zero-order valence-corrected chi connectivity index (χ0v) is 14.6. The highest BCUT2D eigenvalue weighted by Gasteiger charge is 2.35. The molecule has 0 fully saturated rings. The summed E-state index contributed by atoms with van der Waals surface area (Å²) in [6, 6.07) is 5.36. The molecule has 0 amide bonds. The Morgan fingerprint density at radius 1 is 0.931 bits per heavy atom. The monoisotopic (exact) mass is 432 g/mol. The van der Waals surface area contributed by atoms with E-state index >= 15 is 0 Å². The van der Waals surface area contributed by atoms with Gasteiger partial charge in [-0.3, -0.25) is 0 Å². The maximum absolute atomic E-state index is 13.2. The van der Waals surface area contributed by atoms with Crippen molar-refractivity contribution in [2.45, 2.75) is 12.4 Å². The first-order valence-electron chi connectivity index (χ1n) is 7.80. The number of hydrogen-bond donors (Lipinski definition) is 0. The molecule has 3 aromatic heterocycles. The Morgan fingerprint density at radius 2 is 1.66 bits per heavy atom. The van der Waals surface area contributed by atoms with Crippen LogP contribution in [0.2, 0.25) is 5.02 Å². The summed E-state index contributed by atoms with van der Waals surface area (Å²) in [5, 5.41) is 3.27. The van der Waals surface area contributed by atoms with Crippen LogP contribution in [0.5, 0.6) is 0 Å². The Labute approximate surface area is 162 Å². The van der Waals surface area contributed by atoms with Crippen molar-refractivity contribution in [3.8, 4) is 23.0 Å².